The van der Waals surface area contributed by atoms with E-state index < -0.39 is 0 Å². The number of amides is 1. The van der Waals surface area contributed by atoms with Gasteiger partial charge in [0.25, 0.3) is 0 Å². The molecule has 0 aromatic rings. The fourth-order valence-electron chi connectivity index (χ4n) is 1.44. The monoisotopic (exact) mass is 172 g/mol. The Bertz CT molecular complexity index is 161. The fourth-order valence-corrected chi connectivity index (χ4v) is 1.44. The van der Waals surface area contributed by atoms with Crippen LogP contribution in [0.4, 0.5) is 0 Å². The van der Waals surface area contributed by atoms with Crippen molar-refractivity contribution in [1.29, 1.82) is 0 Å². The molecule has 1 saturated heterocycles. The fraction of sp³-hybridized carbons (Fsp3) is 0.875. The zero-order valence-corrected chi connectivity index (χ0v) is 7.42. The molecule has 1 aliphatic rings. The van der Waals surface area contributed by atoms with Gasteiger partial charge < -0.3 is 10.4 Å². The Labute approximate surface area is 72.6 Å². The summed E-state index contributed by atoms with van der Waals surface area (Å²) in [6.45, 7) is 4.07. The summed E-state index contributed by atoms with van der Waals surface area (Å²) in [5, 5.41) is 11.6. The van der Waals surface area contributed by atoms with Crippen LogP contribution in [-0.2, 0) is 4.79 Å². The van der Waals surface area contributed by atoms with Crippen LogP contribution in [0, 0.1) is 0 Å². The van der Waals surface area contributed by atoms with E-state index in [4.69, 9.17) is 5.11 Å². The number of carbonyl (C=O) groups is 1. The number of rotatable bonds is 3. The molecule has 0 radical (unpaired) electrons. The van der Waals surface area contributed by atoms with Gasteiger partial charge in [-0.1, -0.05) is 6.92 Å². The summed E-state index contributed by atoms with van der Waals surface area (Å²) in [6.07, 6.45) is 0.952. The maximum absolute atomic E-state index is 11.1. The maximum atomic E-state index is 11.1. The van der Waals surface area contributed by atoms with E-state index in [1.807, 2.05) is 11.8 Å². The molecule has 1 aliphatic heterocycles. The Balaban J connectivity index is 2.39. The van der Waals surface area contributed by atoms with Gasteiger partial charge in [-0.15, -0.1) is 0 Å². The van der Waals surface area contributed by atoms with E-state index >= 15 is 0 Å². The Morgan fingerprint density at radius 2 is 2.50 bits per heavy atom. The van der Waals surface area contributed by atoms with Gasteiger partial charge >= 0.3 is 0 Å². The van der Waals surface area contributed by atoms with Crippen LogP contribution in [0.1, 0.15) is 13.3 Å². The van der Waals surface area contributed by atoms with Gasteiger partial charge in [0.05, 0.1) is 13.2 Å². The first-order chi connectivity index (χ1) is 5.76. The van der Waals surface area contributed by atoms with Crippen LogP contribution < -0.4 is 5.32 Å². The molecule has 0 spiro atoms. The SMILES string of the molecule is CCC1CN(CCO)CC(=O)N1. The maximum Gasteiger partial charge on any atom is 0.234 e. The van der Waals surface area contributed by atoms with Crippen LogP contribution in [0.15, 0.2) is 0 Å². The van der Waals surface area contributed by atoms with Gasteiger partial charge in [0.2, 0.25) is 5.91 Å². The minimum absolute atomic E-state index is 0.0709. The predicted molar refractivity (Wildman–Crippen MR) is 45.7 cm³/mol. The van der Waals surface area contributed by atoms with Crippen molar-refractivity contribution in [1.82, 2.24) is 10.2 Å². The number of carbonyl (C=O) groups excluding carboxylic acids is 1. The zero-order valence-electron chi connectivity index (χ0n) is 7.42. The van der Waals surface area contributed by atoms with Crippen LogP contribution in [0.2, 0.25) is 0 Å². The second-order valence-corrected chi connectivity index (χ2v) is 3.13. The van der Waals surface area contributed by atoms with Crippen LogP contribution >= 0.6 is 0 Å². The van der Waals surface area contributed by atoms with E-state index in [9.17, 15) is 4.79 Å². The third-order valence-electron chi connectivity index (χ3n) is 2.12. The highest BCUT2D eigenvalue weighted by molar-refractivity contribution is 5.79. The first-order valence-electron chi connectivity index (χ1n) is 4.38. The van der Waals surface area contributed by atoms with Gasteiger partial charge in [-0.05, 0) is 6.42 Å². The van der Waals surface area contributed by atoms with Crippen molar-refractivity contribution in [3.05, 3.63) is 0 Å². The van der Waals surface area contributed by atoms with E-state index in [0.29, 0.717) is 13.1 Å². The van der Waals surface area contributed by atoms with Gasteiger partial charge in [-0.3, -0.25) is 9.69 Å². The summed E-state index contributed by atoms with van der Waals surface area (Å²) in [4.78, 5) is 13.1. The molecule has 1 unspecified atom stereocenters. The Morgan fingerprint density at radius 3 is 3.08 bits per heavy atom. The van der Waals surface area contributed by atoms with Crippen molar-refractivity contribution in [2.75, 3.05) is 26.2 Å². The number of nitrogens with zero attached hydrogens (tertiary/aromatic N) is 1. The van der Waals surface area contributed by atoms with Gasteiger partial charge in [0.1, 0.15) is 0 Å². The standard InChI is InChI=1S/C8H16N2O2/c1-2-7-5-10(3-4-11)6-8(12)9-7/h7,11H,2-6H2,1H3,(H,9,12). The normalized spacial score (nSPS) is 25.5. The highest BCUT2D eigenvalue weighted by Gasteiger charge is 2.22. The summed E-state index contributed by atoms with van der Waals surface area (Å²) in [5.41, 5.74) is 0. The van der Waals surface area contributed by atoms with Crippen LogP contribution in [0.3, 0.4) is 0 Å². The van der Waals surface area contributed by atoms with Crippen molar-refractivity contribution < 1.29 is 9.90 Å². The predicted octanol–water partition coefficient (Wildman–Crippen LogP) is -0.811. The van der Waals surface area contributed by atoms with Crippen molar-refractivity contribution in [2.45, 2.75) is 19.4 Å². The molecule has 1 heterocycles. The first-order valence-corrected chi connectivity index (χ1v) is 4.38. The number of hydrogen-bond acceptors (Lipinski definition) is 3. The lowest BCUT2D eigenvalue weighted by Crippen LogP contribution is -2.54. The van der Waals surface area contributed by atoms with E-state index in [-0.39, 0.29) is 18.6 Å². The van der Waals surface area contributed by atoms with Crippen molar-refractivity contribution in [3.8, 4) is 0 Å². The van der Waals surface area contributed by atoms with Gasteiger partial charge in [-0.25, -0.2) is 0 Å². The van der Waals surface area contributed by atoms with E-state index in [1.54, 1.807) is 0 Å². The number of aliphatic hydroxyl groups is 1. The summed E-state index contributed by atoms with van der Waals surface area (Å²) >= 11 is 0. The lowest BCUT2D eigenvalue weighted by molar-refractivity contribution is -0.125. The van der Waals surface area contributed by atoms with E-state index in [0.717, 1.165) is 13.0 Å². The van der Waals surface area contributed by atoms with Crippen molar-refractivity contribution in [3.63, 3.8) is 0 Å². The largest absolute Gasteiger partial charge is 0.395 e. The number of β-amino-alcohol motifs (C(OH)–C–C–N with tert-alkyl or cyclic N) is 1. The molecular weight excluding hydrogens is 156 g/mol. The highest BCUT2D eigenvalue weighted by atomic mass is 16.3. The Morgan fingerprint density at radius 1 is 1.75 bits per heavy atom. The molecule has 0 bridgehead atoms. The Hall–Kier alpha value is -0.610. The number of aliphatic hydroxyl groups excluding tert-OH is 1. The first kappa shape index (κ1) is 9.48. The number of hydrogen-bond donors (Lipinski definition) is 2. The lowest BCUT2D eigenvalue weighted by atomic mass is 10.1. The molecule has 0 saturated carbocycles. The molecule has 1 rings (SSSR count). The minimum atomic E-state index is 0.0709. The summed E-state index contributed by atoms with van der Waals surface area (Å²) in [5.74, 6) is 0.0709. The zero-order chi connectivity index (χ0) is 8.97. The van der Waals surface area contributed by atoms with E-state index in [2.05, 4.69) is 5.32 Å². The number of piperazine rings is 1. The molecule has 12 heavy (non-hydrogen) atoms. The van der Waals surface area contributed by atoms with E-state index in [1.165, 1.54) is 0 Å². The molecule has 2 N–H and O–H groups in total. The van der Waals surface area contributed by atoms with Crippen LogP contribution in [0.5, 0.6) is 0 Å². The van der Waals surface area contributed by atoms with Crippen molar-refractivity contribution in [2.24, 2.45) is 0 Å². The Kier molecular flexibility index (Phi) is 3.49. The lowest BCUT2D eigenvalue weighted by Gasteiger charge is -2.31. The molecule has 4 heteroatoms. The summed E-state index contributed by atoms with van der Waals surface area (Å²) in [7, 11) is 0. The minimum Gasteiger partial charge on any atom is -0.395 e. The van der Waals surface area contributed by atoms with Gasteiger partial charge in [0.15, 0.2) is 0 Å². The third-order valence-corrected chi connectivity index (χ3v) is 2.12. The average molecular weight is 172 g/mol. The third kappa shape index (κ3) is 2.46. The molecule has 4 nitrogen and oxygen atoms in total. The topological polar surface area (TPSA) is 52.6 Å². The molecule has 0 aromatic heterocycles. The van der Waals surface area contributed by atoms with Gasteiger partial charge in [-0.2, -0.15) is 0 Å². The molecule has 1 atom stereocenters. The number of nitrogens with one attached hydrogen (secondary N) is 1. The molecule has 1 amide bonds. The summed E-state index contributed by atoms with van der Waals surface area (Å²) in [6, 6.07) is 0.262. The quantitative estimate of drug-likeness (QED) is 0.585. The molecular formula is C8H16N2O2. The second kappa shape index (κ2) is 4.42. The smallest absolute Gasteiger partial charge is 0.234 e. The summed E-state index contributed by atoms with van der Waals surface area (Å²) < 4.78 is 0. The van der Waals surface area contributed by atoms with Crippen molar-refractivity contribution >= 4 is 5.91 Å². The van der Waals surface area contributed by atoms with Crippen LogP contribution in [-0.4, -0.2) is 48.2 Å². The molecule has 1 fully saturated rings. The second-order valence-electron chi connectivity index (χ2n) is 3.13. The molecule has 0 aromatic carbocycles. The molecule has 0 aliphatic carbocycles. The van der Waals surface area contributed by atoms with Crippen LogP contribution in [0.25, 0.3) is 0 Å². The average Bonchev–Trinajstić information content (AvgIpc) is 2.04. The highest BCUT2D eigenvalue weighted by Crippen LogP contribution is 2.01. The van der Waals surface area contributed by atoms with Gasteiger partial charge in [0, 0.05) is 19.1 Å². The molecule has 70 valence electrons.